The molecule has 130 valence electrons. The summed E-state index contributed by atoms with van der Waals surface area (Å²) in [4.78, 5) is 14.1. The molecular weight excluding hydrogens is 382 g/mol. The van der Waals surface area contributed by atoms with Crippen molar-refractivity contribution >= 4 is 21.8 Å². The molecule has 0 unspecified atom stereocenters. The van der Waals surface area contributed by atoms with E-state index in [0.29, 0.717) is 12.2 Å². The van der Waals surface area contributed by atoms with Crippen molar-refractivity contribution in [2.75, 3.05) is 13.6 Å². The lowest BCUT2D eigenvalue weighted by Gasteiger charge is -2.15. The second-order valence-corrected chi connectivity index (χ2v) is 6.78. The molecule has 1 amide bonds. The maximum atomic E-state index is 12.4. The van der Waals surface area contributed by atoms with Gasteiger partial charge < -0.3 is 4.90 Å². The van der Waals surface area contributed by atoms with E-state index >= 15 is 0 Å². The van der Waals surface area contributed by atoms with E-state index < -0.39 is 0 Å². The lowest BCUT2D eigenvalue weighted by atomic mass is 10.1. The van der Waals surface area contributed by atoms with Gasteiger partial charge in [0.1, 0.15) is 0 Å². The van der Waals surface area contributed by atoms with Crippen molar-refractivity contribution < 1.29 is 4.79 Å². The molecule has 2 heterocycles. The lowest BCUT2D eigenvalue weighted by Crippen LogP contribution is -2.28. The summed E-state index contributed by atoms with van der Waals surface area (Å²) in [5.41, 5.74) is 4.37. The van der Waals surface area contributed by atoms with Crippen LogP contribution in [0, 0.1) is 6.92 Å². The van der Waals surface area contributed by atoms with Crippen LogP contribution in [0.15, 0.2) is 40.9 Å². The summed E-state index contributed by atoms with van der Waals surface area (Å²) in [6.45, 7) is 2.52. The van der Waals surface area contributed by atoms with Gasteiger partial charge in [-0.1, -0.05) is 30.3 Å². The molecule has 7 heteroatoms. The van der Waals surface area contributed by atoms with Gasteiger partial charge in [-0.25, -0.2) is 0 Å². The minimum atomic E-state index is -0.0918. The van der Waals surface area contributed by atoms with Crippen LogP contribution in [0.1, 0.15) is 28.3 Å². The highest BCUT2D eigenvalue weighted by Gasteiger charge is 2.19. The van der Waals surface area contributed by atoms with Crippen molar-refractivity contribution in [2.45, 2.75) is 19.8 Å². The standard InChI is InChI=1S/C18H20BrN5O/c1-12-16(19)17(23-20-12)18(25)24(2)10-6-9-14-11-15(22-21-14)13-7-4-3-5-8-13/h3-5,7-8,11H,6,9-10H2,1-2H3,(H,20,23)(H,21,22). The van der Waals surface area contributed by atoms with Gasteiger partial charge in [0.15, 0.2) is 5.69 Å². The number of carbonyl (C=O) groups excluding carboxylic acids is 1. The number of aromatic amines is 2. The molecule has 0 bridgehead atoms. The van der Waals surface area contributed by atoms with E-state index in [0.717, 1.165) is 40.0 Å². The van der Waals surface area contributed by atoms with Gasteiger partial charge in [-0.2, -0.15) is 10.2 Å². The normalized spacial score (nSPS) is 10.8. The maximum Gasteiger partial charge on any atom is 0.275 e. The topological polar surface area (TPSA) is 77.7 Å². The number of carbonyl (C=O) groups is 1. The fourth-order valence-electron chi connectivity index (χ4n) is 2.59. The van der Waals surface area contributed by atoms with Crippen LogP contribution in [-0.4, -0.2) is 44.8 Å². The molecule has 2 N–H and O–H groups in total. The van der Waals surface area contributed by atoms with Crippen molar-refractivity contribution in [2.24, 2.45) is 0 Å². The van der Waals surface area contributed by atoms with E-state index in [1.165, 1.54) is 0 Å². The monoisotopic (exact) mass is 401 g/mol. The number of H-pyrrole nitrogens is 2. The summed E-state index contributed by atoms with van der Waals surface area (Å²) in [5, 5.41) is 14.3. The minimum absolute atomic E-state index is 0.0918. The van der Waals surface area contributed by atoms with Crippen molar-refractivity contribution in [3.05, 3.63) is 58.0 Å². The molecule has 1 aromatic carbocycles. The first-order valence-electron chi connectivity index (χ1n) is 8.12. The number of nitrogens with one attached hydrogen (secondary N) is 2. The third-order valence-corrected chi connectivity index (χ3v) is 5.03. The largest absolute Gasteiger partial charge is 0.340 e. The van der Waals surface area contributed by atoms with E-state index in [2.05, 4.69) is 42.4 Å². The van der Waals surface area contributed by atoms with Gasteiger partial charge in [0.2, 0.25) is 0 Å². The molecule has 3 rings (SSSR count). The number of aromatic nitrogens is 4. The zero-order valence-electron chi connectivity index (χ0n) is 14.2. The van der Waals surface area contributed by atoms with Gasteiger partial charge >= 0.3 is 0 Å². The highest BCUT2D eigenvalue weighted by atomic mass is 79.9. The molecule has 0 saturated carbocycles. The molecule has 0 aliphatic heterocycles. The Kier molecular flexibility index (Phi) is 5.33. The SMILES string of the molecule is Cc1[nH]nc(C(=O)N(C)CCCc2cc(-c3ccccc3)n[nH]2)c1Br. The van der Waals surface area contributed by atoms with Gasteiger partial charge in [0, 0.05) is 30.5 Å². The number of aryl methyl sites for hydroxylation is 2. The molecular formula is C18H20BrN5O. The van der Waals surface area contributed by atoms with Gasteiger partial charge in [-0.05, 0) is 41.8 Å². The molecule has 3 aromatic rings. The summed E-state index contributed by atoms with van der Waals surface area (Å²) in [5.74, 6) is -0.0918. The molecule has 2 aromatic heterocycles. The van der Waals surface area contributed by atoms with Crippen LogP contribution in [0.4, 0.5) is 0 Å². The second-order valence-electron chi connectivity index (χ2n) is 5.99. The lowest BCUT2D eigenvalue weighted by molar-refractivity contribution is 0.0786. The summed E-state index contributed by atoms with van der Waals surface area (Å²) >= 11 is 3.39. The molecule has 25 heavy (non-hydrogen) atoms. The Morgan fingerprint density at radius 3 is 2.64 bits per heavy atom. The number of hydrogen-bond acceptors (Lipinski definition) is 3. The smallest absolute Gasteiger partial charge is 0.275 e. The van der Waals surface area contributed by atoms with E-state index in [1.807, 2.05) is 37.3 Å². The van der Waals surface area contributed by atoms with Crippen LogP contribution in [0.3, 0.4) is 0 Å². The highest BCUT2D eigenvalue weighted by Crippen LogP contribution is 2.20. The molecule has 6 nitrogen and oxygen atoms in total. The van der Waals surface area contributed by atoms with Crippen LogP contribution >= 0.6 is 15.9 Å². The minimum Gasteiger partial charge on any atom is -0.340 e. The van der Waals surface area contributed by atoms with Crippen molar-refractivity contribution in [3.8, 4) is 11.3 Å². The molecule has 0 aliphatic rings. The summed E-state index contributed by atoms with van der Waals surface area (Å²) in [7, 11) is 1.79. The first kappa shape index (κ1) is 17.4. The van der Waals surface area contributed by atoms with Crippen molar-refractivity contribution in [1.29, 1.82) is 0 Å². The third-order valence-electron chi connectivity index (χ3n) is 4.06. The van der Waals surface area contributed by atoms with Gasteiger partial charge in [-0.15, -0.1) is 0 Å². The first-order valence-corrected chi connectivity index (χ1v) is 8.91. The number of rotatable bonds is 6. The molecule has 0 fully saturated rings. The van der Waals surface area contributed by atoms with Crippen molar-refractivity contribution in [3.63, 3.8) is 0 Å². The van der Waals surface area contributed by atoms with E-state index in [9.17, 15) is 4.79 Å². The number of nitrogens with zero attached hydrogens (tertiary/aromatic N) is 3. The summed E-state index contributed by atoms with van der Waals surface area (Å²) in [6.07, 6.45) is 1.68. The number of amides is 1. The average molecular weight is 402 g/mol. The quantitative estimate of drug-likeness (QED) is 0.662. The predicted molar refractivity (Wildman–Crippen MR) is 100 cm³/mol. The molecule has 0 aliphatic carbocycles. The summed E-state index contributed by atoms with van der Waals surface area (Å²) < 4.78 is 0.727. The summed E-state index contributed by atoms with van der Waals surface area (Å²) in [6, 6.07) is 12.1. The fourth-order valence-corrected chi connectivity index (χ4v) is 2.94. The van der Waals surface area contributed by atoms with E-state index in [1.54, 1.807) is 11.9 Å². The Morgan fingerprint density at radius 1 is 1.20 bits per heavy atom. The number of hydrogen-bond donors (Lipinski definition) is 2. The van der Waals surface area contributed by atoms with Gasteiger partial charge in [-0.3, -0.25) is 15.0 Å². The van der Waals surface area contributed by atoms with Crippen LogP contribution in [0.5, 0.6) is 0 Å². The van der Waals surface area contributed by atoms with Crippen LogP contribution in [-0.2, 0) is 6.42 Å². The van der Waals surface area contributed by atoms with E-state index in [4.69, 9.17) is 0 Å². The zero-order valence-corrected chi connectivity index (χ0v) is 15.8. The van der Waals surface area contributed by atoms with Gasteiger partial charge in [0.25, 0.3) is 5.91 Å². The number of halogens is 1. The second kappa shape index (κ2) is 7.65. The predicted octanol–water partition coefficient (Wildman–Crippen LogP) is 3.58. The fraction of sp³-hybridized carbons (Fsp3) is 0.278. The Hall–Kier alpha value is -2.41. The number of benzene rings is 1. The molecule has 0 atom stereocenters. The van der Waals surface area contributed by atoms with Crippen molar-refractivity contribution in [1.82, 2.24) is 25.3 Å². The van der Waals surface area contributed by atoms with E-state index in [-0.39, 0.29) is 5.91 Å². The van der Waals surface area contributed by atoms with Gasteiger partial charge in [0.05, 0.1) is 10.2 Å². The first-order chi connectivity index (χ1) is 12.1. The Balaban J connectivity index is 1.54. The van der Waals surface area contributed by atoms with Crippen LogP contribution < -0.4 is 0 Å². The third kappa shape index (κ3) is 3.99. The Labute approximate surface area is 154 Å². The van der Waals surface area contributed by atoms with Crippen LogP contribution in [0.2, 0.25) is 0 Å². The molecule has 0 radical (unpaired) electrons. The van der Waals surface area contributed by atoms with Crippen LogP contribution in [0.25, 0.3) is 11.3 Å². The average Bonchev–Trinajstić information content (AvgIpc) is 3.23. The molecule has 0 spiro atoms. The zero-order chi connectivity index (χ0) is 17.8. The maximum absolute atomic E-state index is 12.4. The molecule has 0 saturated heterocycles. The Bertz CT molecular complexity index is 855. The highest BCUT2D eigenvalue weighted by molar-refractivity contribution is 9.10. The Morgan fingerprint density at radius 2 is 1.96 bits per heavy atom.